The van der Waals surface area contributed by atoms with Gasteiger partial charge in [0.05, 0.1) is 28.3 Å². The number of aliphatic carboxylic acids is 1. The number of aromatic nitrogens is 3. The van der Waals surface area contributed by atoms with E-state index in [0.29, 0.717) is 36.0 Å². The van der Waals surface area contributed by atoms with Crippen LogP contribution in [0.15, 0.2) is 36.8 Å². The highest BCUT2D eigenvalue weighted by Gasteiger charge is 2.31. The number of nitrogens with zero attached hydrogens (tertiary/aromatic N) is 3. The lowest BCUT2D eigenvalue weighted by Gasteiger charge is -2.25. The van der Waals surface area contributed by atoms with Crippen LogP contribution in [0.3, 0.4) is 0 Å². The van der Waals surface area contributed by atoms with Gasteiger partial charge in [0, 0.05) is 37.4 Å². The minimum atomic E-state index is -0.833. The number of carboxylic acids is 1. The number of rotatable bonds is 6. The molecule has 3 heterocycles. The zero-order valence-electron chi connectivity index (χ0n) is 19.5. The van der Waals surface area contributed by atoms with Crippen molar-refractivity contribution in [2.45, 2.75) is 45.1 Å². The smallest absolute Gasteiger partial charge is 0.306 e. The van der Waals surface area contributed by atoms with Crippen LogP contribution in [0.25, 0.3) is 22.2 Å². The molecule has 1 saturated heterocycles. The van der Waals surface area contributed by atoms with Crippen LogP contribution in [0.1, 0.15) is 38.5 Å². The number of nitrogens with one attached hydrogen (secondary N) is 1. The van der Waals surface area contributed by atoms with Crippen molar-refractivity contribution in [2.75, 3.05) is 18.5 Å². The SMILES string of the molecule is O=C(O)[C@@H]1CCC[C@H](C(=O)Nc2cc(-c3ccc4ncn(CC5CCOCC5)c4c3)c(Cl)cn2)C1. The summed E-state index contributed by atoms with van der Waals surface area (Å²) in [6.07, 6.45) is 7.92. The minimum absolute atomic E-state index is 0.193. The number of carboxylic acid groups (broad SMARTS) is 1. The molecule has 1 aliphatic heterocycles. The minimum Gasteiger partial charge on any atom is -0.481 e. The predicted octanol–water partition coefficient (Wildman–Crippen LogP) is 5.01. The highest BCUT2D eigenvalue weighted by molar-refractivity contribution is 6.33. The van der Waals surface area contributed by atoms with Gasteiger partial charge in [-0.05, 0) is 61.8 Å². The monoisotopic (exact) mass is 496 g/mol. The molecule has 184 valence electrons. The first-order chi connectivity index (χ1) is 17.0. The highest BCUT2D eigenvalue weighted by atomic mass is 35.5. The number of ether oxygens (including phenoxy) is 1. The Kier molecular flexibility index (Phi) is 7.02. The van der Waals surface area contributed by atoms with Crippen LogP contribution in [0.2, 0.25) is 5.02 Å². The number of halogens is 1. The Bertz CT molecular complexity index is 1240. The highest BCUT2D eigenvalue weighted by Crippen LogP contribution is 2.33. The second-order valence-corrected chi connectivity index (χ2v) is 10.0. The molecule has 9 heteroatoms. The van der Waals surface area contributed by atoms with Crippen molar-refractivity contribution < 1.29 is 19.4 Å². The number of benzene rings is 1. The van der Waals surface area contributed by atoms with E-state index in [-0.39, 0.29) is 11.8 Å². The number of hydrogen-bond donors (Lipinski definition) is 2. The maximum Gasteiger partial charge on any atom is 0.306 e. The Balaban J connectivity index is 1.36. The number of carbonyl (C=O) groups excluding carboxylic acids is 1. The molecule has 35 heavy (non-hydrogen) atoms. The van der Waals surface area contributed by atoms with E-state index in [0.717, 1.165) is 61.2 Å². The molecule has 0 unspecified atom stereocenters. The summed E-state index contributed by atoms with van der Waals surface area (Å²) in [7, 11) is 0. The Hall–Kier alpha value is -2.97. The fourth-order valence-corrected chi connectivity index (χ4v) is 5.40. The van der Waals surface area contributed by atoms with Crippen LogP contribution >= 0.6 is 11.6 Å². The largest absolute Gasteiger partial charge is 0.481 e. The summed E-state index contributed by atoms with van der Waals surface area (Å²) in [5.74, 6) is -0.852. The van der Waals surface area contributed by atoms with Crippen LogP contribution in [0.4, 0.5) is 5.82 Å². The molecular formula is C26H29ClN4O4. The average Bonchev–Trinajstić information content (AvgIpc) is 3.27. The summed E-state index contributed by atoms with van der Waals surface area (Å²) < 4.78 is 7.68. The van der Waals surface area contributed by atoms with Crippen LogP contribution in [0.5, 0.6) is 0 Å². The van der Waals surface area contributed by atoms with Gasteiger partial charge in [0.25, 0.3) is 0 Å². The molecule has 1 aromatic carbocycles. The fraction of sp³-hybridized carbons (Fsp3) is 0.462. The number of hydrogen-bond acceptors (Lipinski definition) is 5. The van der Waals surface area contributed by atoms with E-state index in [1.807, 2.05) is 18.5 Å². The van der Waals surface area contributed by atoms with Crippen molar-refractivity contribution in [2.24, 2.45) is 17.8 Å². The molecule has 2 fully saturated rings. The third-order valence-electron chi connectivity index (χ3n) is 7.23. The van der Waals surface area contributed by atoms with Crippen LogP contribution in [-0.2, 0) is 20.9 Å². The molecule has 1 amide bonds. The van der Waals surface area contributed by atoms with Gasteiger partial charge in [-0.1, -0.05) is 24.1 Å². The molecule has 0 radical (unpaired) electrons. The van der Waals surface area contributed by atoms with Gasteiger partial charge in [0.1, 0.15) is 5.82 Å². The van der Waals surface area contributed by atoms with Crippen molar-refractivity contribution in [3.8, 4) is 11.1 Å². The molecule has 0 bridgehead atoms. The van der Waals surface area contributed by atoms with Crippen molar-refractivity contribution in [3.63, 3.8) is 0 Å². The number of anilines is 1. The number of fused-ring (bicyclic) bond motifs is 1. The molecule has 2 N–H and O–H groups in total. The molecule has 2 aromatic heterocycles. The molecule has 1 saturated carbocycles. The summed E-state index contributed by atoms with van der Waals surface area (Å²) in [5, 5.41) is 12.7. The first-order valence-corrected chi connectivity index (χ1v) is 12.6. The summed E-state index contributed by atoms with van der Waals surface area (Å²) in [4.78, 5) is 33.1. The lowest BCUT2D eigenvalue weighted by atomic mass is 9.81. The van der Waals surface area contributed by atoms with Gasteiger partial charge in [-0.15, -0.1) is 0 Å². The van der Waals surface area contributed by atoms with Crippen LogP contribution in [0, 0.1) is 17.8 Å². The van der Waals surface area contributed by atoms with E-state index in [1.54, 1.807) is 6.07 Å². The Morgan fingerprint density at radius 2 is 1.91 bits per heavy atom. The number of pyridine rings is 1. The maximum absolute atomic E-state index is 12.8. The predicted molar refractivity (Wildman–Crippen MR) is 133 cm³/mol. The standard InChI is InChI=1S/C26H29ClN4O4/c27-21-13-28-24(30-25(32)18-2-1-3-19(10-18)26(33)34)12-20(21)17-4-5-22-23(11-17)31(15-29-22)14-16-6-8-35-9-7-16/h4-5,11-13,15-16,18-19H,1-3,6-10,14H2,(H,33,34)(H,28,30,32)/t18-,19+/m0/s1. The Labute approximate surface area is 208 Å². The van der Waals surface area contributed by atoms with E-state index >= 15 is 0 Å². The summed E-state index contributed by atoms with van der Waals surface area (Å²) in [6.45, 7) is 2.51. The van der Waals surface area contributed by atoms with Gasteiger partial charge in [-0.25, -0.2) is 9.97 Å². The second-order valence-electron chi connectivity index (χ2n) is 9.59. The van der Waals surface area contributed by atoms with Crippen LogP contribution < -0.4 is 5.32 Å². The summed E-state index contributed by atoms with van der Waals surface area (Å²) in [6, 6.07) is 7.80. The molecule has 8 nitrogen and oxygen atoms in total. The molecule has 1 aliphatic carbocycles. The quantitative estimate of drug-likeness (QED) is 0.497. The maximum atomic E-state index is 12.8. The molecule has 3 aromatic rings. The van der Waals surface area contributed by atoms with E-state index in [4.69, 9.17) is 16.3 Å². The van der Waals surface area contributed by atoms with Gasteiger partial charge >= 0.3 is 5.97 Å². The van der Waals surface area contributed by atoms with Gasteiger partial charge < -0.3 is 19.7 Å². The summed E-state index contributed by atoms with van der Waals surface area (Å²) >= 11 is 6.51. The van der Waals surface area contributed by atoms with Crippen molar-refractivity contribution in [3.05, 3.63) is 41.8 Å². The first-order valence-electron chi connectivity index (χ1n) is 12.2. The lowest BCUT2D eigenvalue weighted by molar-refractivity contribution is -0.143. The van der Waals surface area contributed by atoms with Crippen molar-refractivity contribution in [1.82, 2.24) is 14.5 Å². The topological polar surface area (TPSA) is 106 Å². The van der Waals surface area contributed by atoms with Gasteiger partial charge in [-0.2, -0.15) is 0 Å². The molecular weight excluding hydrogens is 468 g/mol. The zero-order chi connectivity index (χ0) is 24.4. The number of carbonyl (C=O) groups is 2. The second kappa shape index (κ2) is 10.3. The zero-order valence-corrected chi connectivity index (χ0v) is 20.2. The van der Waals surface area contributed by atoms with Gasteiger partial charge in [-0.3, -0.25) is 9.59 Å². The number of imidazole rings is 1. The van der Waals surface area contributed by atoms with Crippen LogP contribution in [-0.4, -0.2) is 44.7 Å². The molecule has 2 aliphatic rings. The Morgan fingerprint density at radius 1 is 1.11 bits per heavy atom. The molecule has 2 atom stereocenters. The van der Waals surface area contributed by atoms with E-state index in [9.17, 15) is 14.7 Å². The van der Waals surface area contributed by atoms with E-state index in [1.165, 1.54) is 6.20 Å². The van der Waals surface area contributed by atoms with E-state index in [2.05, 4.69) is 25.9 Å². The fourth-order valence-electron chi connectivity index (χ4n) is 5.19. The van der Waals surface area contributed by atoms with Crippen molar-refractivity contribution >= 4 is 40.3 Å². The molecule has 0 spiro atoms. The normalized spacial score (nSPS) is 21.2. The lowest BCUT2D eigenvalue weighted by Crippen LogP contribution is -2.31. The first kappa shape index (κ1) is 23.8. The van der Waals surface area contributed by atoms with Gasteiger partial charge in [0.2, 0.25) is 5.91 Å². The summed E-state index contributed by atoms with van der Waals surface area (Å²) in [5.41, 5.74) is 3.64. The van der Waals surface area contributed by atoms with Crippen molar-refractivity contribution in [1.29, 1.82) is 0 Å². The Morgan fingerprint density at radius 3 is 2.71 bits per heavy atom. The third-order valence-corrected chi connectivity index (χ3v) is 7.53. The average molecular weight is 497 g/mol. The van der Waals surface area contributed by atoms with Gasteiger partial charge in [0.15, 0.2) is 0 Å². The van der Waals surface area contributed by atoms with E-state index < -0.39 is 11.9 Å². The molecule has 5 rings (SSSR count). The number of amides is 1. The third kappa shape index (κ3) is 5.33.